The molecule has 5 heterocycles. The highest BCUT2D eigenvalue weighted by molar-refractivity contribution is 6.33. The molecule has 0 spiro atoms. The van der Waals surface area contributed by atoms with E-state index in [1.54, 1.807) is 7.11 Å². The van der Waals surface area contributed by atoms with Gasteiger partial charge in [-0.05, 0) is 51.3 Å². The lowest BCUT2D eigenvalue weighted by Gasteiger charge is -2.48. The fraction of sp³-hybridized carbons (Fsp3) is 0.429. The minimum Gasteiger partial charge on any atom is -0.494 e. The Morgan fingerprint density at radius 1 is 1.11 bits per heavy atom. The summed E-state index contributed by atoms with van der Waals surface area (Å²) in [5, 5.41) is 20.2. The topological polar surface area (TPSA) is 76.4 Å². The first kappa shape index (κ1) is 20.2. The molecule has 2 bridgehead atoms. The van der Waals surface area contributed by atoms with Crippen LogP contribution >= 0.6 is 0 Å². The molecule has 3 aliphatic rings. The predicted octanol–water partition coefficient (Wildman–Crippen LogP) is 5.02. The molecule has 0 amide bonds. The van der Waals surface area contributed by atoms with E-state index in [2.05, 4.69) is 50.6 Å². The number of hydrogen-bond acceptors (Lipinski definition) is 4. The second-order valence-electron chi connectivity index (χ2n) is 10.6. The molecule has 0 saturated carbocycles. The highest BCUT2D eigenvalue weighted by Gasteiger charge is 2.53. The van der Waals surface area contributed by atoms with Crippen LogP contribution in [0.1, 0.15) is 43.7 Å². The molecule has 1 saturated heterocycles. The van der Waals surface area contributed by atoms with E-state index >= 15 is 0 Å². The van der Waals surface area contributed by atoms with Gasteiger partial charge < -0.3 is 34.0 Å². The van der Waals surface area contributed by atoms with Crippen molar-refractivity contribution in [2.45, 2.75) is 63.1 Å². The number of fused-ring (bicyclic) bond motifs is 13. The Morgan fingerprint density at radius 2 is 1.94 bits per heavy atom. The molecule has 2 aromatic carbocycles. The average Bonchev–Trinajstić information content (AvgIpc) is 3.51. The summed E-state index contributed by atoms with van der Waals surface area (Å²) in [4.78, 5) is 3.15. The Bertz CT molecular complexity index is 1690. The van der Waals surface area contributed by atoms with E-state index < -0.39 is 5.72 Å². The van der Waals surface area contributed by atoms with E-state index in [0.717, 1.165) is 35.6 Å². The fourth-order valence-electron chi connectivity index (χ4n) is 7.80. The summed E-state index contributed by atoms with van der Waals surface area (Å²) < 4.78 is 18.2. The summed E-state index contributed by atoms with van der Waals surface area (Å²) in [5.41, 5.74) is 5.55. The third-order valence-electron chi connectivity index (χ3n) is 9.07. The molecular weight excluding hydrogens is 440 g/mol. The van der Waals surface area contributed by atoms with Gasteiger partial charge in [-0.3, -0.25) is 0 Å². The first-order valence-corrected chi connectivity index (χ1v) is 12.8. The maximum Gasteiger partial charge on any atom is 0.197 e. The standard InChI is InChI=1S/C28H30N4O3/c1-28-26(34-3)17(29-2)12-20(35-28)31-18-10-6-4-8-14(18)22-23-16(13-30-27(23)33)21-15-9-5-7-11-19(15)32(28)25(21)24(22)31/h5,7,9,11,13,17,20,26,29-30,33H,4,6,8,10,12H2,1-3H3/t17-,20-,26-,28+/m1/s1. The van der Waals surface area contributed by atoms with Crippen molar-refractivity contribution in [3.8, 4) is 5.88 Å². The smallest absolute Gasteiger partial charge is 0.197 e. The monoisotopic (exact) mass is 470 g/mol. The number of H-pyrrole nitrogens is 1. The van der Waals surface area contributed by atoms with Crippen molar-refractivity contribution in [1.29, 1.82) is 0 Å². The molecule has 3 aromatic heterocycles. The molecule has 3 N–H and O–H groups in total. The molecule has 1 aliphatic carbocycles. The van der Waals surface area contributed by atoms with Gasteiger partial charge in [0.05, 0.1) is 21.9 Å². The number of nitrogens with one attached hydrogen (secondary N) is 2. The third-order valence-corrected chi connectivity index (χ3v) is 9.07. The van der Waals surface area contributed by atoms with Crippen LogP contribution in [0, 0.1) is 0 Å². The summed E-state index contributed by atoms with van der Waals surface area (Å²) in [5.74, 6) is 0.256. The van der Waals surface area contributed by atoms with Crippen LogP contribution in [0.15, 0.2) is 30.5 Å². The number of hydrogen-bond donors (Lipinski definition) is 3. The first-order chi connectivity index (χ1) is 17.1. The molecule has 5 aromatic rings. The summed E-state index contributed by atoms with van der Waals surface area (Å²) in [6.45, 7) is 2.19. The van der Waals surface area contributed by atoms with Crippen LogP contribution in [0.5, 0.6) is 5.88 Å². The van der Waals surface area contributed by atoms with Crippen LogP contribution in [-0.4, -0.2) is 45.5 Å². The number of aromatic amines is 1. The number of aromatic hydroxyl groups is 1. The third kappa shape index (κ3) is 2.19. The van der Waals surface area contributed by atoms with Crippen LogP contribution in [0.4, 0.5) is 0 Å². The fourth-order valence-corrected chi connectivity index (χ4v) is 7.80. The van der Waals surface area contributed by atoms with Crippen molar-refractivity contribution >= 4 is 43.5 Å². The van der Waals surface area contributed by atoms with Crippen LogP contribution in [0.25, 0.3) is 43.5 Å². The van der Waals surface area contributed by atoms with Gasteiger partial charge in [-0.1, -0.05) is 18.2 Å². The second-order valence-corrected chi connectivity index (χ2v) is 10.6. The van der Waals surface area contributed by atoms with Gasteiger partial charge in [0, 0.05) is 53.0 Å². The van der Waals surface area contributed by atoms with Gasteiger partial charge in [-0.25, -0.2) is 0 Å². The van der Waals surface area contributed by atoms with Crippen LogP contribution in [0.3, 0.4) is 0 Å². The van der Waals surface area contributed by atoms with Gasteiger partial charge in [0.2, 0.25) is 0 Å². The van der Waals surface area contributed by atoms with Crippen molar-refractivity contribution in [2.75, 3.05) is 14.2 Å². The highest BCUT2D eigenvalue weighted by Crippen LogP contribution is 2.54. The average molecular weight is 471 g/mol. The molecule has 8 rings (SSSR count). The normalized spacial score (nSPS) is 27.9. The number of nitrogens with zero attached hydrogens (tertiary/aromatic N) is 2. The summed E-state index contributed by atoms with van der Waals surface area (Å²) in [6.07, 6.45) is 6.93. The number of likely N-dealkylation sites (N-methyl/N-ethyl adjacent to an activating group) is 1. The quantitative estimate of drug-likeness (QED) is 0.339. The molecule has 7 nitrogen and oxygen atoms in total. The number of benzene rings is 2. The van der Waals surface area contributed by atoms with Crippen LogP contribution in [-0.2, 0) is 28.0 Å². The molecule has 4 atom stereocenters. The zero-order valence-corrected chi connectivity index (χ0v) is 20.3. The zero-order chi connectivity index (χ0) is 23.6. The van der Waals surface area contributed by atoms with Gasteiger partial charge in [0.1, 0.15) is 12.3 Å². The summed E-state index contributed by atoms with van der Waals surface area (Å²) in [7, 11) is 3.82. The lowest BCUT2D eigenvalue weighted by atomic mass is 9.91. The Balaban J connectivity index is 1.71. The molecule has 7 heteroatoms. The first-order valence-electron chi connectivity index (χ1n) is 12.8. The van der Waals surface area contributed by atoms with Crippen molar-refractivity contribution in [1.82, 2.24) is 19.4 Å². The molecule has 35 heavy (non-hydrogen) atoms. The molecule has 0 radical (unpaired) electrons. The Kier molecular flexibility index (Phi) is 3.81. The van der Waals surface area contributed by atoms with E-state index in [-0.39, 0.29) is 24.3 Å². The molecule has 0 unspecified atom stereocenters. The number of ether oxygens (including phenoxy) is 2. The Labute approximate surface area is 202 Å². The number of para-hydroxylation sites is 1. The largest absolute Gasteiger partial charge is 0.494 e. The number of aromatic nitrogens is 3. The van der Waals surface area contributed by atoms with Crippen LogP contribution in [0.2, 0.25) is 0 Å². The van der Waals surface area contributed by atoms with E-state index in [1.165, 1.54) is 51.3 Å². The van der Waals surface area contributed by atoms with E-state index in [0.29, 0.717) is 0 Å². The van der Waals surface area contributed by atoms with Gasteiger partial charge in [-0.2, -0.15) is 0 Å². The summed E-state index contributed by atoms with van der Waals surface area (Å²) in [6, 6.07) is 8.72. The number of rotatable bonds is 2. The van der Waals surface area contributed by atoms with Crippen molar-refractivity contribution in [2.24, 2.45) is 0 Å². The van der Waals surface area contributed by atoms with Gasteiger partial charge in [0.15, 0.2) is 11.6 Å². The highest BCUT2D eigenvalue weighted by atomic mass is 16.6. The molecule has 2 aliphatic heterocycles. The molecule has 1 fully saturated rings. The van der Waals surface area contributed by atoms with E-state index in [9.17, 15) is 5.11 Å². The Morgan fingerprint density at radius 3 is 2.77 bits per heavy atom. The maximum atomic E-state index is 11.1. The molecular formula is C28H30N4O3. The van der Waals surface area contributed by atoms with Crippen molar-refractivity contribution in [3.05, 3.63) is 41.7 Å². The Hall–Kier alpha value is -3.00. The zero-order valence-electron chi connectivity index (χ0n) is 20.3. The summed E-state index contributed by atoms with van der Waals surface area (Å²) >= 11 is 0. The van der Waals surface area contributed by atoms with Gasteiger partial charge in [0.25, 0.3) is 0 Å². The van der Waals surface area contributed by atoms with Gasteiger partial charge in [-0.15, -0.1) is 0 Å². The predicted molar refractivity (Wildman–Crippen MR) is 137 cm³/mol. The van der Waals surface area contributed by atoms with E-state index in [4.69, 9.17) is 9.47 Å². The minimum atomic E-state index is -0.716. The number of aryl methyl sites for hydroxylation is 1. The lowest BCUT2D eigenvalue weighted by Crippen LogP contribution is -2.59. The van der Waals surface area contributed by atoms with Crippen LogP contribution < -0.4 is 5.32 Å². The lowest BCUT2D eigenvalue weighted by molar-refractivity contribution is -0.257. The van der Waals surface area contributed by atoms with Gasteiger partial charge >= 0.3 is 0 Å². The SMILES string of the molecule is CN[C@@H]1C[C@H]2O[C@@](C)([C@@H]1OC)n1c3ccccc3c3c4c[nH]c(O)c4c4c5c(n2c4c31)CCCC5. The maximum absolute atomic E-state index is 11.1. The second kappa shape index (κ2) is 6.60. The number of methoxy groups -OCH3 is 1. The van der Waals surface area contributed by atoms with E-state index in [1.807, 2.05) is 13.2 Å². The van der Waals surface area contributed by atoms with Crippen molar-refractivity contribution in [3.63, 3.8) is 0 Å². The van der Waals surface area contributed by atoms with Crippen molar-refractivity contribution < 1.29 is 14.6 Å². The minimum absolute atomic E-state index is 0.117. The molecule has 180 valence electrons.